The Morgan fingerprint density at radius 1 is 1.21 bits per heavy atom. The Hall–Kier alpha value is -1.09. The molecule has 0 unspecified atom stereocenters. The van der Waals surface area contributed by atoms with E-state index in [1.807, 2.05) is 13.8 Å². The largest absolute Gasteiger partial charge is 0.488 e. The van der Waals surface area contributed by atoms with Gasteiger partial charge in [-0.1, -0.05) is 12.1 Å². The first-order valence-electron chi connectivity index (χ1n) is 4.69. The van der Waals surface area contributed by atoms with Crippen LogP contribution in [-0.4, -0.2) is 19.3 Å². The predicted molar refractivity (Wildman–Crippen MR) is 53.0 cm³/mol. The first-order valence-corrected chi connectivity index (χ1v) is 4.69. The van der Waals surface area contributed by atoms with Crippen molar-refractivity contribution in [2.75, 3.05) is 13.2 Å². The van der Waals surface area contributed by atoms with Gasteiger partial charge >= 0.3 is 0 Å². The molecule has 1 rings (SSSR count). The van der Waals surface area contributed by atoms with Crippen molar-refractivity contribution >= 4 is 0 Å². The van der Waals surface area contributed by atoms with E-state index in [0.29, 0.717) is 13.2 Å². The lowest BCUT2D eigenvalue weighted by Gasteiger charge is -2.09. The minimum Gasteiger partial charge on any atom is -0.488 e. The fourth-order valence-corrected chi connectivity index (χ4v) is 0.997. The van der Waals surface area contributed by atoms with Crippen LogP contribution in [0.1, 0.15) is 13.8 Å². The van der Waals surface area contributed by atoms with E-state index in [9.17, 15) is 4.39 Å². The van der Waals surface area contributed by atoms with E-state index in [1.165, 1.54) is 6.07 Å². The Labute approximate surface area is 83.6 Å². The Bertz CT molecular complexity index is 274. The predicted octanol–water partition coefficient (Wildman–Crippen LogP) is 2.63. The van der Waals surface area contributed by atoms with Crippen molar-refractivity contribution in [1.29, 1.82) is 0 Å². The van der Waals surface area contributed by atoms with Crippen LogP contribution in [0.3, 0.4) is 0 Å². The monoisotopic (exact) mass is 198 g/mol. The van der Waals surface area contributed by atoms with Crippen LogP contribution in [0.5, 0.6) is 5.75 Å². The quantitative estimate of drug-likeness (QED) is 0.677. The van der Waals surface area contributed by atoms with Crippen molar-refractivity contribution in [3.8, 4) is 5.75 Å². The summed E-state index contributed by atoms with van der Waals surface area (Å²) in [7, 11) is 0. The first-order chi connectivity index (χ1) is 6.70. The summed E-state index contributed by atoms with van der Waals surface area (Å²) in [5, 5.41) is 0. The van der Waals surface area contributed by atoms with Crippen LogP contribution < -0.4 is 4.74 Å². The van der Waals surface area contributed by atoms with Gasteiger partial charge in [0.1, 0.15) is 6.61 Å². The summed E-state index contributed by atoms with van der Waals surface area (Å²) in [6, 6.07) is 6.35. The molecule has 0 fully saturated rings. The molecule has 14 heavy (non-hydrogen) atoms. The normalized spacial score (nSPS) is 10.6. The lowest BCUT2D eigenvalue weighted by molar-refractivity contribution is 0.0544. The van der Waals surface area contributed by atoms with E-state index in [2.05, 4.69) is 0 Å². The first kappa shape index (κ1) is 11.0. The standard InChI is InChI=1S/C11H15FO2/c1-9(2)13-7-8-14-11-6-4-3-5-10(11)12/h3-6,9H,7-8H2,1-2H3. The van der Waals surface area contributed by atoms with E-state index >= 15 is 0 Å². The molecule has 0 aliphatic heterocycles. The van der Waals surface area contributed by atoms with Gasteiger partial charge in [-0.25, -0.2) is 4.39 Å². The number of para-hydroxylation sites is 1. The highest BCUT2D eigenvalue weighted by Crippen LogP contribution is 2.14. The van der Waals surface area contributed by atoms with Crippen LogP contribution >= 0.6 is 0 Å². The maximum absolute atomic E-state index is 13.0. The zero-order valence-electron chi connectivity index (χ0n) is 8.50. The third kappa shape index (κ3) is 3.75. The van der Waals surface area contributed by atoms with Crippen LogP contribution in [-0.2, 0) is 4.74 Å². The molecule has 1 aromatic rings. The molecule has 0 saturated carbocycles. The summed E-state index contributed by atoms with van der Waals surface area (Å²) in [6.07, 6.45) is 0.180. The van der Waals surface area contributed by atoms with Crippen LogP contribution in [0, 0.1) is 5.82 Å². The molecule has 0 radical (unpaired) electrons. The molecule has 0 heterocycles. The maximum Gasteiger partial charge on any atom is 0.165 e. The molecule has 0 N–H and O–H groups in total. The summed E-state index contributed by atoms with van der Waals surface area (Å²) in [6.45, 7) is 4.75. The van der Waals surface area contributed by atoms with Gasteiger partial charge in [-0.15, -0.1) is 0 Å². The minimum absolute atomic E-state index is 0.180. The highest BCUT2D eigenvalue weighted by molar-refractivity contribution is 5.23. The fourth-order valence-electron chi connectivity index (χ4n) is 0.997. The number of halogens is 1. The molecule has 0 bridgehead atoms. The van der Waals surface area contributed by atoms with Crippen LogP contribution in [0.4, 0.5) is 4.39 Å². The van der Waals surface area contributed by atoms with Crippen molar-refractivity contribution in [2.24, 2.45) is 0 Å². The molecule has 1 aromatic carbocycles. The van der Waals surface area contributed by atoms with E-state index in [0.717, 1.165) is 0 Å². The third-order valence-corrected chi connectivity index (χ3v) is 1.63. The highest BCUT2D eigenvalue weighted by atomic mass is 19.1. The molecule has 3 heteroatoms. The average Bonchev–Trinajstić information content (AvgIpc) is 2.15. The van der Waals surface area contributed by atoms with E-state index in [1.54, 1.807) is 18.2 Å². The highest BCUT2D eigenvalue weighted by Gasteiger charge is 2.00. The van der Waals surface area contributed by atoms with Crippen molar-refractivity contribution in [1.82, 2.24) is 0 Å². The molecule has 0 atom stereocenters. The lowest BCUT2D eigenvalue weighted by atomic mass is 10.3. The number of benzene rings is 1. The SMILES string of the molecule is CC(C)OCCOc1ccccc1F. The molecule has 0 spiro atoms. The van der Waals surface area contributed by atoms with Gasteiger partial charge in [-0.2, -0.15) is 0 Å². The summed E-state index contributed by atoms with van der Waals surface area (Å²) in [5.74, 6) is -0.0584. The molecular formula is C11H15FO2. The van der Waals surface area contributed by atoms with E-state index < -0.39 is 0 Å². The second-order valence-corrected chi connectivity index (χ2v) is 3.20. The molecule has 0 saturated heterocycles. The smallest absolute Gasteiger partial charge is 0.165 e. The van der Waals surface area contributed by atoms with Gasteiger partial charge in [0.15, 0.2) is 11.6 Å². The van der Waals surface area contributed by atoms with Crippen molar-refractivity contribution in [2.45, 2.75) is 20.0 Å². The van der Waals surface area contributed by atoms with Gasteiger partial charge in [-0.05, 0) is 26.0 Å². The van der Waals surface area contributed by atoms with Crippen molar-refractivity contribution in [3.05, 3.63) is 30.1 Å². The van der Waals surface area contributed by atoms with Gasteiger partial charge in [0.2, 0.25) is 0 Å². The van der Waals surface area contributed by atoms with Gasteiger partial charge in [-0.3, -0.25) is 0 Å². The second kappa shape index (κ2) is 5.60. The lowest BCUT2D eigenvalue weighted by Crippen LogP contribution is -2.11. The molecule has 78 valence electrons. The number of rotatable bonds is 5. The van der Waals surface area contributed by atoms with Crippen LogP contribution in [0.15, 0.2) is 24.3 Å². The Morgan fingerprint density at radius 2 is 1.93 bits per heavy atom. The number of ether oxygens (including phenoxy) is 2. The average molecular weight is 198 g/mol. The second-order valence-electron chi connectivity index (χ2n) is 3.20. The van der Waals surface area contributed by atoms with Gasteiger partial charge in [0, 0.05) is 0 Å². The summed E-state index contributed by atoms with van der Waals surface area (Å²) in [4.78, 5) is 0. The van der Waals surface area contributed by atoms with Gasteiger partial charge < -0.3 is 9.47 Å². The molecule has 2 nitrogen and oxygen atoms in total. The van der Waals surface area contributed by atoms with E-state index in [4.69, 9.17) is 9.47 Å². The topological polar surface area (TPSA) is 18.5 Å². The Morgan fingerprint density at radius 3 is 2.57 bits per heavy atom. The zero-order chi connectivity index (χ0) is 10.4. The molecule has 0 aromatic heterocycles. The molecule has 0 amide bonds. The van der Waals surface area contributed by atoms with Gasteiger partial charge in [0.25, 0.3) is 0 Å². The summed E-state index contributed by atoms with van der Waals surface area (Å²) < 4.78 is 23.5. The maximum atomic E-state index is 13.0. The fraction of sp³-hybridized carbons (Fsp3) is 0.455. The van der Waals surface area contributed by atoms with Crippen LogP contribution in [0.25, 0.3) is 0 Å². The third-order valence-electron chi connectivity index (χ3n) is 1.63. The minimum atomic E-state index is -0.336. The Kier molecular flexibility index (Phi) is 4.40. The molecular weight excluding hydrogens is 183 g/mol. The van der Waals surface area contributed by atoms with Crippen molar-refractivity contribution < 1.29 is 13.9 Å². The number of hydrogen-bond donors (Lipinski definition) is 0. The summed E-state index contributed by atoms with van der Waals surface area (Å²) >= 11 is 0. The van der Waals surface area contributed by atoms with E-state index in [-0.39, 0.29) is 17.7 Å². The van der Waals surface area contributed by atoms with Crippen LogP contribution in [0.2, 0.25) is 0 Å². The van der Waals surface area contributed by atoms with Crippen molar-refractivity contribution in [3.63, 3.8) is 0 Å². The Balaban J connectivity index is 2.28. The zero-order valence-corrected chi connectivity index (χ0v) is 8.50. The summed E-state index contributed by atoms with van der Waals surface area (Å²) in [5.41, 5.74) is 0. The number of hydrogen-bond acceptors (Lipinski definition) is 2. The molecule has 0 aliphatic rings. The molecule has 0 aliphatic carbocycles. The van der Waals surface area contributed by atoms with Gasteiger partial charge in [0.05, 0.1) is 12.7 Å².